The number of carbonyl (C=O) groups is 8. The third kappa shape index (κ3) is 80.9. The van der Waals surface area contributed by atoms with E-state index < -0.39 is 29.4 Å². The van der Waals surface area contributed by atoms with Gasteiger partial charge in [-0.15, -0.1) is 24.8 Å². The molecular formula is C93H159BrCl3FK2N12O18. The van der Waals surface area contributed by atoms with Crippen LogP contribution in [-0.2, 0) is 69.3 Å². The average molecular weight is 2020 g/mol. The van der Waals surface area contributed by atoms with E-state index in [0.29, 0.717) is 81.4 Å². The summed E-state index contributed by atoms with van der Waals surface area (Å²) in [6.07, 6.45) is 26.9. The second-order valence-corrected chi connectivity index (χ2v) is 35.4. The van der Waals surface area contributed by atoms with Gasteiger partial charge in [0.25, 0.3) is 6.47 Å². The zero-order valence-electron chi connectivity index (χ0n) is 81.5. The molecule has 5 fully saturated rings. The molecule has 30 nitrogen and oxygen atoms in total. The van der Waals surface area contributed by atoms with Gasteiger partial charge in [0.1, 0.15) is 43.2 Å². The molecule has 9 rings (SSSR count). The molecule has 5 saturated carbocycles. The number of aliphatic hydroxyl groups is 1. The van der Waals surface area contributed by atoms with Gasteiger partial charge in [0, 0.05) is 92.5 Å². The van der Waals surface area contributed by atoms with Crippen molar-refractivity contribution in [2.75, 3.05) is 58.9 Å². The molecule has 0 spiro atoms. The monoisotopic (exact) mass is 2010 g/mol. The van der Waals surface area contributed by atoms with Crippen molar-refractivity contribution in [1.29, 1.82) is 0 Å². The van der Waals surface area contributed by atoms with Gasteiger partial charge in [-0.2, -0.15) is 0 Å². The van der Waals surface area contributed by atoms with Crippen LogP contribution in [0.4, 0.5) is 38.0 Å². The van der Waals surface area contributed by atoms with Crippen LogP contribution in [0.1, 0.15) is 254 Å². The smallest absolute Gasteiger partial charge is 1.00 e. The van der Waals surface area contributed by atoms with Gasteiger partial charge in [-0.1, -0.05) is 189 Å². The molecule has 4 aromatic carbocycles. The minimum atomic E-state index is -1.00. The van der Waals surface area contributed by atoms with Gasteiger partial charge in [0.2, 0.25) is 0 Å². The van der Waals surface area contributed by atoms with Crippen molar-refractivity contribution in [2.24, 2.45) is 46.4 Å². The number of hydrogen-bond donors (Lipinski definition) is 13. The van der Waals surface area contributed by atoms with Crippen LogP contribution in [0, 0.1) is 17.8 Å². The number of alkyl carbamates (subject to hydrolysis) is 6. The maximum atomic E-state index is 12.0. The van der Waals surface area contributed by atoms with Gasteiger partial charge >= 0.3 is 145 Å². The van der Waals surface area contributed by atoms with Crippen molar-refractivity contribution < 1.29 is 197 Å². The van der Waals surface area contributed by atoms with Crippen molar-refractivity contribution in [2.45, 2.75) is 315 Å². The fourth-order valence-corrected chi connectivity index (χ4v) is 14.4. The van der Waals surface area contributed by atoms with E-state index in [4.69, 9.17) is 85.2 Å². The Bertz CT molecular complexity index is 3370. The van der Waals surface area contributed by atoms with E-state index >= 15 is 0 Å². The van der Waals surface area contributed by atoms with Crippen molar-refractivity contribution in [3.63, 3.8) is 0 Å². The number of ether oxygens (including phenoxy) is 7. The Morgan fingerprint density at radius 3 is 1.01 bits per heavy atom. The first-order chi connectivity index (χ1) is 60.6. The van der Waals surface area contributed by atoms with Crippen LogP contribution < -0.4 is 174 Å². The standard InChI is InChI=1S/C22H34N2O4.2C17H26N2O2.C13H27N3O2.C8H7ClO2.C7H14BrNO2.C6H14N2.CH3F.CH2O3.CH4O.2ClH.2K.H/c1-22(2,3)28-20(25)23-14-8-12-17-11-7-13-19(15-17)24-21(26)27-16-18-9-5-4-6-10-18;2*18-11-5-9-14-8-4-10-16(12-14)19-17(20)21-13-15-6-2-1-3-7-15;1-13(2,3)18-12(17)16-8-7-15-11-6-4-5-10(14)9-11;9-8(10)11-6-7-4-2-1-3-5-7;1-7(2,3)11-6(10)9-5-4-8;7-5-2-1-3-6(8)4-5;1-2;2-1-4-3;1-2;;;;;/h4-6,9-10,17,19H,7-8,11-16H2,1-3H3,(H,23,25)(H,24,26);2*1-3,6-7,14,16H,4-5,8-13,18H2,(H,19,20);10-11,15H,4-9,14H2,1-3H3,(H,16,17);1-5H,6H2;4-5H2,1-3H3,(H,9,10);5-6H,1-4,7-8H2;1H3;1,3H;2H,1H3;2*1H;;;/q;;;;;;;;;;;;2*+1;-1/p-1/i;;;;;;;1D;;;;;;;. The van der Waals surface area contributed by atoms with Crippen LogP contribution in [0.15, 0.2) is 121 Å². The number of nitrogens with two attached hydrogens (primary N) is 5. The molecule has 0 heterocycles. The Morgan fingerprint density at radius 1 is 0.454 bits per heavy atom. The number of rotatable bonds is 28. The number of nitrogens with one attached hydrogen (secondary N) is 7. The molecule has 5 aliphatic carbocycles. The molecule has 10 unspecified atom stereocenters. The van der Waals surface area contributed by atoms with E-state index in [2.05, 4.69) is 62.8 Å². The van der Waals surface area contributed by atoms with Crippen molar-refractivity contribution >= 4 is 101 Å². The molecule has 4 aromatic rings. The van der Waals surface area contributed by atoms with E-state index in [0.717, 1.165) is 144 Å². The van der Waals surface area contributed by atoms with Crippen LogP contribution in [0.3, 0.4) is 0 Å². The first kappa shape index (κ1) is 132. The molecule has 10 atom stereocenters. The number of hydrogen-bond acceptors (Lipinski definition) is 24. The largest absolute Gasteiger partial charge is 1.00 e. The second-order valence-electron chi connectivity index (χ2n) is 34.3. The number of alkyl halides is 2. The summed E-state index contributed by atoms with van der Waals surface area (Å²) in [6.45, 7) is 21.7. The topological polar surface area (TPSA) is 468 Å². The predicted octanol–water partition coefficient (Wildman–Crippen LogP) is 10.8. The molecule has 0 aromatic heterocycles. The molecular weight excluding hydrogens is 1860 g/mol. The normalized spacial score (nSPS) is 19.2. The van der Waals surface area contributed by atoms with E-state index in [9.17, 15) is 38.0 Å². The number of carbonyl (C=O) groups excluding carboxylic acids is 8. The molecule has 0 saturated heterocycles. The Morgan fingerprint density at radius 2 is 0.731 bits per heavy atom. The summed E-state index contributed by atoms with van der Waals surface area (Å²) in [6, 6.07) is 40.8. The van der Waals surface area contributed by atoms with Gasteiger partial charge in [-0.05, 0) is 231 Å². The van der Waals surface area contributed by atoms with Gasteiger partial charge < -0.3 is 116 Å². The van der Waals surface area contributed by atoms with E-state index in [1.54, 1.807) is 0 Å². The Labute approximate surface area is 888 Å². The Hall–Kier alpha value is -4.33. The van der Waals surface area contributed by atoms with E-state index in [-0.39, 0.29) is 197 Å². The average Bonchev–Trinajstić information content (AvgIpc) is 0.905. The third-order valence-electron chi connectivity index (χ3n) is 19.7. The van der Waals surface area contributed by atoms with Gasteiger partial charge in [-0.25, -0.2) is 33.6 Å². The molecule has 37 heteroatoms. The third-order valence-corrected chi connectivity index (χ3v) is 20.2. The Balaban J connectivity index is -0.000000352. The summed E-state index contributed by atoms with van der Waals surface area (Å²) in [7, 11) is 0. The maximum absolute atomic E-state index is 12.0. The fourth-order valence-electron chi connectivity index (χ4n) is 14.2. The summed E-state index contributed by atoms with van der Waals surface area (Å²) >= 11 is 8.15. The van der Waals surface area contributed by atoms with Gasteiger partial charge in [0.15, 0.2) is 0 Å². The number of amides is 6. The molecule has 0 aliphatic heterocycles. The van der Waals surface area contributed by atoms with E-state index in [1.807, 2.05) is 184 Å². The molecule has 0 bridgehead atoms. The van der Waals surface area contributed by atoms with Crippen LogP contribution >= 0.6 is 52.3 Å². The van der Waals surface area contributed by atoms with Gasteiger partial charge in [0.05, 0.1) is 8.52 Å². The first-order valence-corrected chi connectivity index (χ1v) is 45.8. The fraction of sp³-hybridized carbons (Fsp3) is 0.656. The molecule has 18 N–H and O–H groups in total. The number of halogens is 5. The summed E-state index contributed by atoms with van der Waals surface area (Å²) in [4.78, 5) is 91.1. The van der Waals surface area contributed by atoms with Crippen molar-refractivity contribution in [1.82, 2.24) is 37.2 Å². The predicted molar refractivity (Wildman–Crippen MR) is 512 cm³/mol. The van der Waals surface area contributed by atoms with Crippen molar-refractivity contribution in [3.8, 4) is 0 Å². The van der Waals surface area contributed by atoms with Gasteiger partial charge in [-0.3, -0.25) is 9.18 Å². The number of aliphatic hydroxyl groups excluding tert-OH is 1. The maximum Gasteiger partial charge on any atom is 1.00 e. The summed E-state index contributed by atoms with van der Waals surface area (Å²) in [5.74, 6) is 1.96. The first-order valence-electron chi connectivity index (χ1n) is 45.0. The van der Waals surface area contributed by atoms with E-state index in [1.165, 1.54) is 77.0 Å². The molecule has 5 aliphatic rings. The summed E-state index contributed by atoms with van der Waals surface area (Å²) in [5, 5.41) is 36.7. The van der Waals surface area contributed by atoms with Crippen LogP contribution in [-0.4, -0.2) is 172 Å². The van der Waals surface area contributed by atoms with Crippen LogP contribution in [0.2, 0.25) is 0 Å². The van der Waals surface area contributed by atoms with Crippen LogP contribution in [0.25, 0.3) is 0 Å². The summed E-state index contributed by atoms with van der Waals surface area (Å²) in [5.41, 5.74) is 30.2. The quantitative estimate of drug-likeness (QED) is 0.00367. The zero-order chi connectivity index (χ0) is 95.0. The second kappa shape index (κ2) is 85.1. The minimum absolute atomic E-state index is 0. The zero-order valence-corrected chi connectivity index (χ0v) is 89.7. The molecule has 6 amide bonds. The van der Waals surface area contributed by atoms with Crippen LogP contribution in [0.5, 0.6) is 0 Å². The molecule has 130 heavy (non-hydrogen) atoms. The summed E-state index contributed by atoms with van der Waals surface area (Å²) < 4.78 is 51.3. The number of benzene rings is 4. The van der Waals surface area contributed by atoms with Crippen molar-refractivity contribution in [3.05, 3.63) is 144 Å². The molecule has 0 radical (unpaired) electrons. The Kier molecular flexibility index (Phi) is 86.4. The molecule has 736 valence electrons. The SMILES string of the molecule is CC(C)(C)OC(=O)NCCBr.CC(C)(C)OC(=O)NCCCC1CCCC(NC(=O)OCc2ccccc2)C1.CC(C)(C)OC(=O)NCCNC1CCCC(N)C1.CO.Cl.Cl.NC1CCCC(N)C1.NCCCC1CCCC(NC(=O)OCc2ccccc2)C1.NCCCC1CCCC(NC(=O)OCc2ccccc2)C1.O=C(Cl)OCc1ccccc1.O=CO[O-].[2H]CF.[H-].[K+].[K+]. The minimum Gasteiger partial charge on any atom is -1.00 e.